The number of anilines is 6. The number of nitrogens with zero attached hydrogens (tertiary/aromatic N) is 11. The monoisotopic (exact) mass is 1040 g/mol. The predicted octanol–water partition coefficient (Wildman–Crippen LogP) is 8.96. The quantitative estimate of drug-likeness (QED) is 0.106. The molecule has 2 aliphatic carbocycles. The van der Waals surface area contributed by atoms with Crippen LogP contribution < -0.4 is 20.4 Å². The number of thiophene rings is 2. The standard InChI is InChI=1S/C30H39N7OS.C26H30N6O2S/c1-5-10-36(4)30(38)19-6-7-23-26(15-19)39-29-27(23)28(32-18-33-29)34-24-13-20-16-31-17-21(20)14-25(24)37-11-8-22(9-12-37)35(2)3;1-31(2)18-5-7-32(8-6-18)21-10-17-13-27-12-16(17)9-20(21)30-24-23-19-4-3-15(26(33)34)11-22(19)35-25(23)29-14-28-24/h13-14,16,18-19,22H,5-12,15,17H2,1-4H3,(H,32,33,34);9-10,12,14-15,18H,3-8,11,13H2,1-2H3,(H,33,34)(H,28,29,30)/t19-;15-/m00/s1. The van der Waals surface area contributed by atoms with Crippen LogP contribution in [0.1, 0.15) is 95.0 Å². The van der Waals surface area contributed by atoms with Crippen molar-refractivity contribution < 1.29 is 14.7 Å². The number of hydrogen-bond acceptors (Lipinski definition) is 16. The molecule has 0 spiro atoms. The van der Waals surface area contributed by atoms with Gasteiger partial charge in [-0.25, -0.2) is 19.9 Å². The maximum atomic E-state index is 13.0. The van der Waals surface area contributed by atoms with E-state index in [0.29, 0.717) is 24.9 Å². The van der Waals surface area contributed by atoms with Gasteiger partial charge in [-0.2, -0.15) is 0 Å². The number of rotatable bonds is 12. The number of benzene rings is 2. The zero-order valence-electron chi connectivity index (χ0n) is 43.7. The van der Waals surface area contributed by atoms with Crippen molar-refractivity contribution in [2.45, 2.75) is 103 Å². The molecule has 0 radical (unpaired) electrons. The lowest BCUT2D eigenvalue weighted by Crippen LogP contribution is -2.42. The highest BCUT2D eigenvalue weighted by molar-refractivity contribution is 7.19. The summed E-state index contributed by atoms with van der Waals surface area (Å²) in [5.41, 5.74) is 12.0. The van der Waals surface area contributed by atoms with E-state index in [-0.39, 0.29) is 17.7 Å². The van der Waals surface area contributed by atoms with Gasteiger partial charge in [0.05, 0.1) is 52.5 Å². The first-order chi connectivity index (χ1) is 35.9. The number of piperidine rings is 2. The van der Waals surface area contributed by atoms with Crippen molar-refractivity contribution in [3.63, 3.8) is 0 Å². The van der Waals surface area contributed by atoms with E-state index in [1.54, 1.807) is 35.3 Å². The average Bonchev–Trinajstić information content (AvgIpc) is 4.24. The van der Waals surface area contributed by atoms with Gasteiger partial charge >= 0.3 is 5.97 Å². The van der Waals surface area contributed by atoms with E-state index in [4.69, 9.17) is 4.98 Å². The maximum absolute atomic E-state index is 13.0. The molecule has 2 fully saturated rings. The molecule has 0 unspecified atom stereocenters. The maximum Gasteiger partial charge on any atom is 0.306 e. The second kappa shape index (κ2) is 21.3. The number of carboxylic acids is 1. The molecule has 12 rings (SSSR count). The highest BCUT2D eigenvalue weighted by Crippen LogP contribution is 2.45. The lowest BCUT2D eigenvalue weighted by molar-refractivity contribution is -0.142. The number of aryl methyl sites for hydroxylation is 2. The van der Waals surface area contributed by atoms with Crippen LogP contribution in [0.15, 0.2) is 46.9 Å². The van der Waals surface area contributed by atoms with Gasteiger partial charge in [0.2, 0.25) is 5.91 Å². The fraction of sp³-hybridized carbons (Fsp3) is 0.500. The molecule has 3 N–H and O–H groups in total. The fourth-order valence-electron chi connectivity index (χ4n) is 12.1. The summed E-state index contributed by atoms with van der Waals surface area (Å²) in [5.74, 6) is 0.976. The van der Waals surface area contributed by atoms with Crippen molar-refractivity contribution in [1.82, 2.24) is 34.6 Å². The molecule has 4 aliphatic heterocycles. The van der Waals surface area contributed by atoms with E-state index in [9.17, 15) is 14.7 Å². The van der Waals surface area contributed by atoms with Crippen LogP contribution in [0.25, 0.3) is 20.4 Å². The van der Waals surface area contributed by atoms with Gasteiger partial charge < -0.3 is 40.2 Å². The number of amides is 1. The Bertz CT molecular complexity index is 3150. The Morgan fingerprint density at radius 2 is 1.11 bits per heavy atom. The summed E-state index contributed by atoms with van der Waals surface area (Å²) in [6, 6.07) is 10.3. The molecule has 8 heterocycles. The molecule has 2 saturated heterocycles. The number of carbonyl (C=O) groups excluding carboxylic acids is 1. The molecular weight excluding hydrogens is 967 g/mol. The molecule has 18 heteroatoms. The van der Waals surface area contributed by atoms with Gasteiger partial charge in [0, 0.05) is 80.0 Å². The topological polar surface area (TPSA) is 171 Å². The average molecular weight is 1040 g/mol. The van der Waals surface area contributed by atoms with Crippen LogP contribution in [-0.4, -0.2) is 144 Å². The molecule has 16 nitrogen and oxygen atoms in total. The van der Waals surface area contributed by atoms with Crippen LogP contribution in [0.3, 0.4) is 0 Å². The number of carboxylic acid groups (broad SMARTS) is 1. The highest BCUT2D eigenvalue weighted by atomic mass is 32.1. The molecule has 2 aromatic carbocycles. The van der Waals surface area contributed by atoms with Crippen LogP contribution in [0.5, 0.6) is 0 Å². The number of nitrogens with one attached hydrogen (secondary N) is 2. The summed E-state index contributed by atoms with van der Waals surface area (Å²) < 4.78 is 0. The number of carbonyl (C=O) groups is 2. The molecule has 6 aliphatic rings. The SMILES string of the molecule is CCCN(C)C(=O)[C@H]1CCc2c(sc3ncnc(Nc4cc5c(cc4N4CCC(N(C)C)CC4)CN=C5)c23)C1.CN(C)C1CCN(c2cc3c(cc2Nc2ncnc4sc5c(c24)CC[C@H](C(=O)O)C5)C=NC3)CC1. The Labute approximate surface area is 442 Å². The van der Waals surface area contributed by atoms with Crippen molar-refractivity contribution in [2.75, 3.05) is 88.4 Å². The Morgan fingerprint density at radius 1 is 0.649 bits per heavy atom. The Kier molecular flexibility index (Phi) is 14.4. The van der Waals surface area contributed by atoms with Crippen molar-refractivity contribution in [3.8, 4) is 0 Å². The van der Waals surface area contributed by atoms with E-state index in [1.165, 1.54) is 44.1 Å². The molecule has 388 valence electrons. The highest BCUT2D eigenvalue weighted by Gasteiger charge is 2.33. The van der Waals surface area contributed by atoms with Crippen molar-refractivity contribution in [2.24, 2.45) is 21.8 Å². The largest absolute Gasteiger partial charge is 0.481 e. The molecule has 4 aromatic heterocycles. The van der Waals surface area contributed by atoms with Gasteiger partial charge in [-0.05, 0) is 156 Å². The van der Waals surface area contributed by atoms with E-state index >= 15 is 0 Å². The summed E-state index contributed by atoms with van der Waals surface area (Å²) in [6.45, 7) is 8.51. The zero-order chi connectivity index (χ0) is 51.2. The fourth-order valence-corrected chi connectivity index (χ4v) is 14.6. The summed E-state index contributed by atoms with van der Waals surface area (Å²) in [6.07, 6.45) is 17.3. The summed E-state index contributed by atoms with van der Waals surface area (Å²) in [5, 5.41) is 19.1. The van der Waals surface area contributed by atoms with Gasteiger partial charge in [0.15, 0.2) is 0 Å². The van der Waals surface area contributed by atoms with E-state index in [1.807, 2.05) is 24.4 Å². The van der Waals surface area contributed by atoms with Gasteiger partial charge in [0.1, 0.15) is 34.0 Å². The summed E-state index contributed by atoms with van der Waals surface area (Å²) in [7, 11) is 10.6. The minimum Gasteiger partial charge on any atom is -0.481 e. The van der Waals surface area contributed by atoms with Crippen LogP contribution in [0, 0.1) is 11.8 Å². The first kappa shape index (κ1) is 50.1. The third-order valence-electron chi connectivity index (χ3n) is 16.4. The number of aliphatic imine (C=N–C) groups is 2. The second-order valence-corrected chi connectivity index (χ2v) is 23.6. The predicted molar refractivity (Wildman–Crippen MR) is 301 cm³/mol. The van der Waals surface area contributed by atoms with E-state index in [0.717, 1.165) is 157 Å². The van der Waals surface area contributed by atoms with Gasteiger partial charge in [-0.3, -0.25) is 19.6 Å². The van der Waals surface area contributed by atoms with E-state index < -0.39 is 5.97 Å². The van der Waals surface area contributed by atoms with Gasteiger partial charge in [-0.15, -0.1) is 22.7 Å². The lowest BCUT2D eigenvalue weighted by Gasteiger charge is -2.37. The van der Waals surface area contributed by atoms with Crippen molar-refractivity contribution >= 4 is 102 Å². The van der Waals surface area contributed by atoms with Gasteiger partial charge in [-0.1, -0.05) is 6.92 Å². The van der Waals surface area contributed by atoms with Crippen LogP contribution in [-0.2, 0) is 48.4 Å². The third-order valence-corrected chi connectivity index (χ3v) is 18.7. The molecule has 1 amide bonds. The third kappa shape index (κ3) is 9.97. The zero-order valence-corrected chi connectivity index (χ0v) is 45.3. The first-order valence-electron chi connectivity index (χ1n) is 26.6. The Balaban J connectivity index is 0.000000160. The number of aromatic nitrogens is 4. The molecule has 0 saturated carbocycles. The van der Waals surface area contributed by atoms with E-state index in [2.05, 4.69) is 115 Å². The van der Waals surface area contributed by atoms with Crippen molar-refractivity contribution in [3.05, 3.63) is 80.1 Å². The van der Waals surface area contributed by atoms with Crippen LogP contribution >= 0.6 is 22.7 Å². The minimum absolute atomic E-state index is 0.0548. The summed E-state index contributed by atoms with van der Waals surface area (Å²) >= 11 is 3.34. The normalized spacial score (nSPS) is 19.4. The number of aliphatic carboxylic acids is 1. The molecule has 74 heavy (non-hydrogen) atoms. The first-order valence-corrected chi connectivity index (χ1v) is 28.2. The number of hydrogen-bond donors (Lipinski definition) is 3. The Morgan fingerprint density at radius 3 is 1.55 bits per heavy atom. The number of fused-ring (bicyclic) bond motifs is 8. The lowest BCUT2D eigenvalue weighted by atomic mass is 9.87. The molecular formula is C56H69N13O3S2. The minimum atomic E-state index is -0.708. The van der Waals surface area contributed by atoms with Gasteiger partial charge in [0.25, 0.3) is 0 Å². The molecule has 0 bridgehead atoms. The second-order valence-electron chi connectivity index (χ2n) is 21.5. The van der Waals surface area contributed by atoms with Crippen LogP contribution in [0.2, 0.25) is 0 Å². The molecule has 6 aromatic rings. The molecule has 2 atom stereocenters. The van der Waals surface area contributed by atoms with Crippen molar-refractivity contribution in [1.29, 1.82) is 0 Å². The van der Waals surface area contributed by atoms with Crippen LogP contribution in [0.4, 0.5) is 34.4 Å². The summed E-state index contributed by atoms with van der Waals surface area (Å²) in [4.78, 5) is 68.2. The Hall–Kier alpha value is -6.08. The smallest absolute Gasteiger partial charge is 0.306 e.